The van der Waals surface area contributed by atoms with Crippen molar-refractivity contribution < 1.29 is 22.3 Å². The van der Waals surface area contributed by atoms with Crippen molar-refractivity contribution in [2.24, 2.45) is 5.14 Å². The van der Waals surface area contributed by atoms with Gasteiger partial charge in [-0.15, -0.1) is 0 Å². The van der Waals surface area contributed by atoms with Crippen LogP contribution in [0.25, 0.3) is 0 Å². The fourth-order valence-corrected chi connectivity index (χ4v) is 2.96. The van der Waals surface area contributed by atoms with Gasteiger partial charge < -0.3 is 4.74 Å². The van der Waals surface area contributed by atoms with E-state index in [0.29, 0.717) is 6.07 Å². The number of esters is 1. The molecule has 0 atom stereocenters. The lowest BCUT2D eigenvalue weighted by molar-refractivity contribution is 0.0525. The largest absolute Gasteiger partial charge is 0.462 e. The maximum Gasteiger partial charge on any atom is 0.339 e. The van der Waals surface area contributed by atoms with Gasteiger partial charge in [0.05, 0.1) is 22.2 Å². The number of carbonyl (C=O) groups is 1. The average molecular weight is 316 g/mol. The maximum atomic E-state index is 13.4. The Labute approximate surface area is 113 Å². The molecule has 0 aliphatic carbocycles. The van der Waals surface area contributed by atoms with Crippen LogP contribution in [0.5, 0.6) is 0 Å². The Balaban J connectivity index is 3.60. The number of carbonyl (C=O) groups excluding carboxylic acids is 1. The number of benzene rings is 1. The van der Waals surface area contributed by atoms with Crippen LogP contribution < -0.4 is 5.14 Å². The minimum Gasteiger partial charge on any atom is -0.462 e. The number of primary sulfonamides is 1. The van der Waals surface area contributed by atoms with Crippen LogP contribution in [-0.4, -0.2) is 21.0 Å². The molecule has 100 valence electrons. The molecule has 18 heavy (non-hydrogen) atoms. The molecular formula is C9H8Cl2FNO4S. The third-order valence-corrected chi connectivity index (χ3v) is 3.86. The van der Waals surface area contributed by atoms with Gasteiger partial charge in [0.25, 0.3) is 0 Å². The highest BCUT2D eigenvalue weighted by Gasteiger charge is 2.27. The molecule has 0 heterocycles. The summed E-state index contributed by atoms with van der Waals surface area (Å²) in [4.78, 5) is 10.6. The second kappa shape index (κ2) is 5.40. The molecule has 2 N–H and O–H groups in total. The van der Waals surface area contributed by atoms with Crippen molar-refractivity contribution in [2.75, 3.05) is 6.61 Å². The molecule has 9 heteroatoms. The van der Waals surface area contributed by atoms with E-state index in [0.717, 1.165) is 0 Å². The Hall–Kier alpha value is -0.890. The van der Waals surface area contributed by atoms with E-state index in [1.165, 1.54) is 6.92 Å². The Kier molecular flexibility index (Phi) is 4.55. The summed E-state index contributed by atoms with van der Waals surface area (Å²) in [6, 6.07) is 0.692. The Morgan fingerprint density at radius 1 is 1.44 bits per heavy atom. The number of rotatable bonds is 3. The Morgan fingerprint density at radius 2 is 2.00 bits per heavy atom. The fourth-order valence-electron chi connectivity index (χ4n) is 1.19. The topological polar surface area (TPSA) is 86.5 Å². The number of hydrogen-bond donors (Lipinski definition) is 1. The molecule has 1 aromatic carbocycles. The minimum absolute atomic E-state index is 0.0180. The van der Waals surface area contributed by atoms with Crippen LogP contribution in [0.15, 0.2) is 11.0 Å². The van der Waals surface area contributed by atoms with Crippen LogP contribution in [0.4, 0.5) is 4.39 Å². The van der Waals surface area contributed by atoms with E-state index in [1.54, 1.807) is 0 Å². The lowest BCUT2D eigenvalue weighted by atomic mass is 10.2. The summed E-state index contributed by atoms with van der Waals surface area (Å²) in [7, 11) is -4.37. The maximum absolute atomic E-state index is 13.4. The van der Waals surface area contributed by atoms with Gasteiger partial charge in [0.15, 0.2) is 0 Å². The summed E-state index contributed by atoms with van der Waals surface area (Å²) in [6.45, 7) is 1.54. The van der Waals surface area contributed by atoms with Gasteiger partial charge in [0, 0.05) is 0 Å². The molecule has 0 bridgehead atoms. The standard InChI is InChI=1S/C9H8Cl2FNO4S/c1-2-17-9(14)4-3-5(12)7(11)8(6(4)10)18(13,15)16/h3H,2H2,1H3,(H2,13,15,16). The quantitative estimate of drug-likeness (QED) is 0.682. The van der Waals surface area contributed by atoms with E-state index in [4.69, 9.17) is 28.3 Å². The summed E-state index contributed by atoms with van der Waals surface area (Å²) >= 11 is 11.2. The summed E-state index contributed by atoms with van der Waals surface area (Å²) in [6.07, 6.45) is 0. The van der Waals surface area contributed by atoms with Crippen LogP contribution in [0.3, 0.4) is 0 Å². The number of halogens is 3. The van der Waals surface area contributed by atoms with Gasteiger partial charge in [-0.2, -0.15) is 0 Å². The molecule has 0 saturated heterocycles. The van der Waals surface area contributed by atoms with Crippen molar-refractivity contribution in [2.45, 2.75) is 11.8 Å². The fraction of sp³-hybridized carbons (Fsp3) is 0.222. The smallest absolute Gasteiger partial charge is 0.339 e. The Bertz CT molecular complexity index is 603. The molecule has 1 rings (SSSR count). The summed E-state index contributed by atoms with van der Waals surface area (Å²) in [5, 5.41) is 3.52. The molecular weight excluding hydrogens is 308 g/mol. The monoisotopic (exact) mass is 315 g/mol. The van der Waals surface area contributed by atoms with Crippen molar-refractivity contribution in [3.8, 4) is 0 Å². The molecule has 0 aliphatic rings. The Morgan fingerprint density at radius 3 is 2.44 bits per heavy atom. The first-order valence-electron chi connectivity index (χ1n) is 4.57. The van der Waals surface area contributed by atoms with Gasteiger partial charge in [0.1, 0.15) is 10.7 Å². The van der Waals surface area contributed by atoms with Gasteiger partial charge in [-0.3, -0.25) is 0 Å². The van der Waals surface area contributed by atoms with Crippen LogP contribution in [0, 0.1) is 5.82 Å². The molecule has 0 aromatic heterocycles. The second-order valence-electron chi connectivity index (χ2n) is 3.13. The number of sulfonamides is 1. The first-order chi connectivity index (χ1) is 8.20. The van der Waals surface area contributed by atoms with Gasteiger partial charge in [0.2, 0.25) is 10.0 Å². The van der Waals surface area contributed by atoms with Crippen LogP contribution >= 0.6 is 23.2 Å². The van der Waals surface area contributed by atoms with E-state index >= 15 is 0 Å². The third-order valence-electron chi connectivity index (χ3n) is 1.90. The predicted octanol–water partition coefficient (Wildman–Crippen LogP) is 1.96. The van der Waals surface area contributed by atoms with Crippen molar-refractivity contribution in [1.29, 1.82) is 0 Å². The molecule has 1 aromatic rings. The number of nitrogens with two attached hydrogens (primary N) is 1. The van der Waals surface area contributed by atoms with Gasteiger partial charge in [-0.1, -0.05) is 23.2 Å². The van der Waals surface area contributed by atoms with Crippen LogP contribution in [-0.2, 0) is 14.8 Å². The highest BCUT2D eigenvalue weighted by molar-refractivity contribution is 7.89. The molecule has 0 spiro atoms. The molecule has 0 unspecified atom stereocenters. The zero-order valence-electron chi connectivity index (χ0n) is 9.04. The molecule has 0 radical (unpaired) electrons. The minimum atomic E-state index is -4.37. The first kappa shape index (κ1) is 15.2. The van der Waals surface area contributed by atoms with Crippen molar-refractivity contribution in [3.05, 3.63) is 27.5 Å². The highest BCUT2D eigenvalue weighted by atomic mass is 35.5. The zero-order valence-corrected chi connectivity index (χ0v) is 11.4. The summed E-state index contributed by atoms with van der Waals surface area (Å²) < 4.78 is 40.5. The van der Waals surface area contributed by atoms with Crippen LogP contribution in [0.1, 0.15) is 17.3 Å². The van der Waals surface area contributed by atoms with Gasteiger partial charge in [-0.05, 0) is 13.0 Å². The van der Waals surface area contributed by atoms with Gasteiger partial charge >= 0.3 is 5.97 Å². The molecule has 0 saturated carbocycles. The molecule has 0 amide bonds. The number of hydrogen-bond acceptors (Lipinski definition) is 4. The normalized spacial score (nSPS) is 11.4. The van der Waals surface area contributed by atoms with Crippen molar-refractivity contribution in [1.82, 2.24) is 0 Å². The van der Waals surface area contributed by atoms with Crippen LogP contribution in [0.2, 0.25) is 10.0 Å². The highest BCUT2D eigenvalue weighted by Crippen LogP contribution is 2.34. The molecule has 0 fully saturated rings. The lowest BCUT2D eigenvalue weighted by Crippen LogP contribution is -2.16. The lowest BCUT2D eigenvalue weighted by Gasteiger charge is -2.10. The van der Waals surface area contributed by atoms with E-state index in [2.05, 4.69) is 4.74 Å². The van der Waals surface area contributed by atoms with E-state index in [1.807, 2.05) is 0 Å². The van der Waals surface area contributed by atoms with E-state index in [-0.39, 0.29) is 6.61 Å². The zero-order chi connectivity index (χ0) is 14.1. The second-order valence-corrected chi connectivity index (χ2v) is 5.38. The SMILES string of the molecule is CCOC(=O)c1cc(F)c(Cl)c(S(N)(=O)=O)c1Cl. The van der Waals surface area contributed by atoms with Crippen molar-refractivity contribution in [3.63, 3.8) is 0 Å². The summed E-state index contributed by atoms with van der Waals surface area (Å²) in [5.74, 6) is -2.10. The van der Waals surface area contributed by atoms with Crippen molar-refractivity contribution >= 4 is 39.2 Å². The van der Waals surface area contributed by atoms with E-state index < -0.39 is 42.3 Å². The molecule has 0 aliphatic heterocycles. The third kappa shape index (κ3) is 2.92. The van der Waals surface area contributed by atoms with Gasteiger partial charge in [-0.25, -0.2) is 22.7 Å². The first-order valence-corrected chi connectivity index (χ1v) is 6.87. The predicted molar refractivity (Wildman–Crippen MR) is 63.7 cm³/mol. The number of ether oxygens (including phenoxy) is 1. The van der Waals surface area contributed by atoms with E-state index in [9.17, 15) is 17.6 Å². The average Bonchev–Trinajstić information content (AvgIpc) is 2.22. The summed E-state index contributed by atoms with van der Waals surface area (Å²) in [5.41, 5.74) is -0.454. The molecule has 5 nitrogen and oxygen atoms in total.